The Kier molecular flexibility index (Phi) is 5.28. The number of rotatable bonds is 6. The molecule has 1 heterocycles. The maximum absolute atomic E-state index is 4.75. The minimum atomic E-state index is 0.572. The van der Waals surface area contributed by atoms with Crippen LogP contribution in [-0.4, -0.2) is 30.6 Å². The van der Waals surface area contributed by atoms with Gasteiger partial charge in [0, 0.05) is 37.4 Å². The summed E-state index contributed by atoms with van der Waals surface area (Å²) in [4.78, 5) is 9.24. The molecule has 0 saturated carbocycles. The molecule has 1 aromatic heterocycles. The largest absolute Gasteiger partial charge is 0.357 e. The van der Waals surface area contributed by atoms with Crippen molar-refractivity contribution in [1.82, 2.24) is 15.6 Å². The molecule has 0 bridgehead atoms. The molecule has 2 aromatic rings. The van der Waals surface area contributed by atoms with Crippen molar-refractivity contribution in [3.05, 3.63) is 51.5 Å². The van der Waals surface area contributed by atoms with E-state index in [4.69, 9.17) is 4.99 Å². The molecular weight excluding hydrogens is 304 g/mol. The lowest BCUT2D eigenvalue weighted by Gasteiger charge is -2.28. The third-order valence-corrected chi connectivity index (χ3v) is 4.94. The molecule has 0 saturated heterocycles. The van der Waals surface area contributed by atoms with Gasteiger partial charge in [0.2, 0.25) is 0 Å². The van der Waals surface area contributed by atoms with E-state index in [2.05, 4.69) is 52.2 Å². The van der Waals surface area contributed by atoms with Gasteiger partial charge >= 0.3 is 0 Å². The SMILES string of the molecule is CCNC(=NCC1Cc2ccccc21)NCCc1csc(C)n1. The van der Waals surface area contributed by atoms with E-state index < -0.39 is 0 Å². The molecule has 5 heteroatoms. The van der Waals surface area contributed by atoms with Gasteiger partial charge in [0.1, 0.15) is 0 Å². The lowest BCUT2D eigenvalue weighted by atomic mass is 9.78. The molecule has 2 N–H and O–H groups in total. The van der Waals surface area contributed by atoms with Gasteiger partial charge in [-0.15, -0.1) is 11.3 Å². The van der Waals surface area contributed by atoms with E-state index in [9.17, 15) is 0 Å². The van der Waals surface area contributed by atoms with Crippen LogP contribution in [0.15, 0.2) is 34.6 Å². The Morgan fingerprint density at radius 2 is 2.22 bits per heavy atom. The Morgan fingerprint density at radius 3 is 2.96 bits per heavy atom. The molecule has 1 aliphatic rings. The van der Waals surface area contributed by atoms with Crippen LogP contribution in [0.2, 0.25) is 0 Å². The number of hydrogen-bond acceptors (Lipinski definition) is 3. The van der Waals surface area contributed by atoms with Gasteiger partial charge in [-0.3, -0.25) is 4.99 Å². The summed E-state index contributed by atoms with van der Waals surface area (Å²) in [5.41, 5.74) is 4.10. The molecule has 1 aromatic carbocycles. The third-order valence-electron chi connectivity index (χ3n) is 4.12. The van der Waals surface area contributed by atoms with Gasteiger partial charge in [-0.05, 0) is 31.4 Å². The lowest BCUT2D eigenvalue weighted by molar-refractivity contribution is 0.614. The quantitative estimate of drug-likeness (QED) is 0.633. The molecule has 0 fully saturated rings. The number of aryl methyl sites for hydroxylation is 1. The predicted octanol–water partition coefficient (Wildman–Crippen LogP) is 2.89. The van der Waals surface area contributed by atoms with E-state index in [0.29, 0.717) is 5.92 Å². The van der Waals surface area contributed by atoms with Crippen molar-refractivity contribution in [2.45, 2.75) is 32.6 Å². The number of aromatic nitrogens is 1. The zero-order valence-electron chi connectivity index (χ0n) is 13.8. The average Bonchev–Trinajstić information content (AvgIpc) is 2.93. The van der Waals surface area contributed by atoms with Crippen LogP contribution in [0.4, 0.5) is 0 Å². The van der Waals surface area contributed by atoms with Crippen LogP contribution in [-0.2, 0) is 12.8 Å². The fourth-order valence-electron chi connectivity index (χ4n) is 2.90. The van der Waals surface area contributed by atoms with Gasteiger partial charge in [0.15, 0.2) is 5.96 Å². The second kappa shape index (κ2) is 7.59. The minimum absolute atomic E-state index is 0.572. The van der Waals surface area contributed by atoms with Gasteiger partial charge < -0.3 is 10.6 Å². The maximum atomic E-state index is 4.75. The van der Waals surface area contributed by atoms with E-state index in [-0.39, 0.29) is 0 Å². The topological polar surface area (TPSA) is 49.3 Å². The summed E-state index contributed by atoms with van der Waals surface area (Å²) in [6, 6.07) is 8.68. The van der Waals surface area contributed by atoms with Gasteiger partial charge in [-0.25, -0.2) is 4.98 Å². The molecular formula is C18H24N4S. The first-order chi connectivity index (χ1) is 11.3. The molecule has 0 aliphatic heterocycles. The van der Waals surface area contributed by atoms with Crippen LogP contribution < -0.4 is 10.6 Å². The molecule has 23 heavy (non-hydrogen) atoms. The van der Waals surface area contributed by atoms with Crippen LogP contribution in [0.5, 0.6) is 0 Å². The number of fused-ring (bicyclic) bond motifs is 1. The van der Waals surface area contributed by atoms with E-state index in [0.717, 1.165) is 49.1 Å². The molecule has 4 nitrogen and oxygen atoms in total. The van der Waals surface area contributed by atoms with Crippen molar-refractivity contribution in [3.63, 3.8) is 0 Å². The first kappa shape index (κ1) is 16.0. The van der Waals surface area contributed by atoms with Crippen LogP contribution in [0, 0.1) is 6.92 Å². The Labute approximate surface area is 142 Å². The first-order valence-corrected chi connectivity index (χ1v) is 9.15. The van der Waals surface area contributed by atoms with Crippen molar-refractivity contribution >= 4 is 17.3 Å². The predicted molar refractivity (Wildman–Crippen MR) is 97.4 cm³/mol. The number of aliphatic imine (C=N–C) groups is 1. The molecule has 1 unspecified atom stereocenters. The van der Waals surface area contributed by atoms with Crippen LogP contribution in [0.3, 0.4) is 0 Å². The second-order valence-electron chi connectivity index (χ2n) is 5.85. The number of nitrogens with zero attached hydrogens (tertiary/aromatic N) is 2. The highest BCUT2D eigenvalue weighted by Gasteiger charge is 2.24. The number of guanidine groups is 1. The Balaban J connectivity index is 1.50. The summed E-state index contributed by atoms with van der Waals surface area (Å²) >= 11 is 1.71. The summed E-state index contributed by atoms with van der Waals surface area (Å²) in [6.07, 6.45) is 2.08. The molecule has 0 spiro atoms. The summed E-state index contributed by atoms with van der Waals surface area (Å²) < 4.78 is 0. The molecule has 0 amide bonds. The molecule has 1 atom stereocenters. The summed E-state index contributed by atoms with van der Waals surface area (Å²) in [7, 11) is 0. The van der Waals surface area contributed by atoms with Crippen LogP contribution in [0.25, 0.3) is 0 Å². The highest BCUT2D eigenvalue weighted by Crippen LogP contribution is 2.34. The molecule has 1 aliphatic carbocycles. The smallest absolute Gasteiger partial charge is 0.191 e. The standard InChI is InChI=1S/C18H24N4S/c1-3-19-18(20-9-8-16-12-23-13(2)22-16)21-11-15-10-14-6-4-5-7-17(14)15/h4-7,12,15H,3,8-11H2,1-2H3,(H2,19,20,21). The summed E-state index contributed by atoms with van der Waals surface area (Å²) in [5, 5.41) is 9.99. The molecule has 122 valence electrons. The average molecular weight is 328 g/mol. The van der Waals surface area contributed by atoms with Gasteiger partial charge in [-0.2, -0.15) is 0 Å². The van der Waals surface area contributed by atoms with E-state index >= 15 is 0 Å². The number of thiazole rings is 1. The Hall–Kier alpha value is -1.88. The molecule has 0 radical (unpaired) electrons. The first-order valence-electron chi connectivity index (χ1n) is 8.27. The van der Waals surface area contributed by atoms with Crippen molar-refractivity contribution in [1.29, 1.82) is 0 Å². The van der Waals surface area contributed by atoms with Crippen LogP contribution >= 0.6 is 11.3 Å². The maximum Gasteiger partial charge on any atom is 0.191 e. The summed E-state index contributed by atoms with van der Waals surface area (Å²) in [5.74, 6) is 1.48. The van der Waals surface area contributed by atoms with E-state index in [1.165, 1.54) is 11.1 Å². The van der Waals surface area contributed by atoms with Crippen LogP contribution in [0.1, 0.15) is 34.7 Å². The van der Waals surface area contributed by atoms with Crippen molar-refractivity contribution in [2.24, 2.45) is 4.99 Å². The van der Waals surface area contributed by atoms with Gasteiger partial charge in [0.25, 0.3) is 0 Å². The van der Waals surface area contributed by atoms with Gasteiger partial charge in [0.05, 0.1) is 10.7 Å². The second-order valence-corrected chi connectivity index (χ2v) is 6.92. The van der Waals surface area contributed by atoms with Crippen molar-refractivity contribution in [3.8, 4) is 0 Å². The number of nitrogens with one attached hydrogen (secondary N) is 2. The zero-order valence-corrected chi connectivity index (χ0v) is 14.6. The number of benzene rings is 1. The van der Waals surface area contributed by atoms with E-state index in [1.54, 1.807) is 11.3 Å². The Morgan fingerprint density at radius 1 is 1.35 bits per heavy atom. The third kappa shape index (κ3) is 4.10. The van der Waals surface area contributed by atoms with Crippen molar-refractivity contribution in [2.75, 3.05) is 19.6 Å². The van der Waals surface area contributed by atoms with Gasteiger partial charge in [-0.1, -0.05) is 24.3 Å². The monoisotopic (exact) mass is 328 g/mol. The normalized spacial score (nSPS) is 16.6. The fraction of sp³-hybridized carbons (Fsp3) is 0.444. The zero-order chi connectivity index (χ0) is 16.1. The highest BCUT2D eigenvalue weighted by molar-refractivity contribution is 7.09. The molecule has 3 rings (SSSR count). The summed E-state index contributed by atoms with van der Waals surface area (Å²) in [6.45, 7) is 6.73. The Bertz CT molecular complexity index is 677. The van der Waals surface area contributed by atoms with E-state index in [1.807, 2.05) is 6.92 Å². The highest BCUT2D eigenvalue weighted by atomic mass is 32.1. The number of hydrogen-bond donors (Lipinski definition) is 2. The fourth-order valence-corrected chi connectivity index (χ4v) is 3.55. The lowest BCUT2D eigenvalue weighted by Crippen LogP contribution is -2.39. The van der Waals surface area contributed by atoms with Crippen molar-refractivity contribution < 1.29 is 0 Å². The minimum Gasteiger partial charge on any atom is -0.357 e.